The van der Waals surface area contributed by atoms with Crippen molar-refractivity contribution in [3.05, 3.63) is 66.7 Å². The lowest BCUT2D eigenvalue weighted by molar-refractivity contribution is 0.415. The molecule has 160 valence electrons. The highest BCUT2D eigenvalue weighted by atomic mass is 32.2. The summed E-state index contributed by atoms with van der Waals surface area (Å²) in [5.74, 6) is 0.669. The molecule has 8 nitrogen and oxygen atoms in total. The van der Waals surface area contributed by atoms with Crippen LogP contribution >= 0.6 is 0 Å². The first-order valence-corrected chi connectivity index (χ1v) is 12.5. The van der Waals surface area contributed by atoms with Gasteiger partial charge < -0.3 is 4.74 Å². The second-order valence-electron chi connectivity index (χ2n) is 6.89. The minimum atomic E-state index is -4.15. The maximum Gasteiger partial charge on any atom is 0.263 e. The van der Waals surface area contributed by atoms with Gasteiger partial charge in [0.2, 0.25) is 0 Å². The number of H-pyrrole nitrogens is 1. The zero-order valence-corrected chi connectivity index (χ0v) is 18.3. The summed E-state index contributed by atoms with van der Waals surface area (Å²) >= 11 is 0. The van der Waals surface area contributed by atoms with Crippen LogP contribution in [0.25, 0.3) is 22.2 Å². The number of sulfone groups is 1. The van der Waals surface area contributed by atoms with E-state index in [4.69, 9.17) is 4.74 Å². The molecule has 0 atom stereocenters. The van der Waals surface area contributed by atoms with Gasteiger partial charge in [-0.1, -0.05) is 24.3 Å². The van der Waals surface area contributed by atoms with Crippen molar-refractivity contribution >= 4 is 36.5 Å². The van der Waals surface area contributed by atoms with Gasteiger partial charge in [0.25, 0.3) is 10.0 Å². The molecule has 0 radical (unpaired) electrons. The number of sulfonamides is 1. The largest absolute Gasteiger partial charge is 0.497 e. The van der Waals surface area contributed by atoms with Crippen molar-refractivity contribution in [3.63, 3.8) is 0 Å². The molecule has 1 aromatic heterocycles. The first-order valence-electron chi connectivity index (χ1n) is 9.13. The summed E-state index contributed by atoms with van der Waals surface area (Å²) in [4.78, 5) is -0.568. The van der Waals surface area contributed by atoms with Crippen molar-refractivity contribution < 1.29 is 21.6 Å². The van der Waals surface area contributed by atoms with Crippen molar-refractivity contribution in [1.29, 1.82) is 0 Å². The Bertz CT molecular complexity index is 1490. The summed E-state index contributed by atoms with van der Waals surface area (Å²) in [6.07, 6.45) is 0.972. The second-order valence-corrected chi connectivity index (χ2v) is 10.5. The third-order valence-corrected chi connectivity index (χ3v) is 7.42. The average Bonchev–Trinajstić information content (AvgIpc) is 3.16. The Kier molecular flexibility index (Phi) is 5.19. The zero-order chi connectivity index (χ0) is 22.2. The number of anilines is 1. The van der Waals surface area contributed by atoms with Crippen LogP contribution in [0.4, 0.5) is 5.69 Å². The van der Waals surface area contributed by atoms with E-state index >= 15 is 0 Å². The molecule has 4 rings (SSSR count). The Balaban J connectivity index is 1.77. The van der Waals surface area contributed by atoms with Crippen molar-refractivity contribution in [3.8, 4) is 17.0 Å². The minimum absolute atomic E-state index is 0.260. The number of benzene rings is 3. The van der Waals surface area contributed by atoms with E-state index in [9.17, 15) is 16.8 Å². The van der Waals surface area contributed by atoms with E-state index in [1.54, 1.807) is 25.3 Å². The first kappa shape index (κ1) is 20.9. The number of ether oxygens (including phenoxy) is 1. The predicted molar refractivity (Wildman–Crippen MR) is 118 cm³/mol. The number of nitrogens with one attached hydrogen (secondary N) is 2. The number of aromatic nitrogens is 2. The van der Waals surface area contributed by atoms with E-state index in [1.165, 1.54) is 24.3 Å². The van der Waals surface area contributed by atoms with Crippen LogP contribution < -0.4 is 9.46 Å². The third-order valence-electron chi connectivity index (χ3n) is 4.70. The summed E-state index contributed by atoms with van der Waals surface area (Å²) in [5.41, 5.74) is 2.43. The Morgan fingerprint density at radius 3 is 2.35 bits per heavy atom. The van der Waals surface area contributed by atoms with Gasteiger partial charge in [-0.2, -0.15) is 5.10 Å². The Morgan fingerprint density at radius 2 is 1.65 bits per heavy atom. The van der Waals surface area contributed by atoms with Crippen molar-refractivity contribution in [2.24, 2.45) is 0 Å². The van der Waals surface area contributed by atoms with E-state index in [0.29, 0.717) is 16.8 Å². The van der Waals surface area contributed by atoms with E-state index in [1.807, 2.05) is 24.3 Å². The SMILES string of the molecule is COc1cccc(-c2n[nH]c3ccc(NS(=O)(=O)c4ccccc4S(C)(=O)=O)cc23)c1. The van der Waals surface area contributed by atoms with Gasteiger partial charge in [-0.3, -0.25) is 9.82 Å². The predicted octanol–water partition coefficient (Wildman–Crippen LogP) is 3.44. The summed E-state index contributed by atoms with van der Waals surface area (Å²) in [6, 6.07) is 17.8. The topological polar surface area (TPSA) is 118 Å². The molecule has 31 heavy (non-hydrogen) atoms. The van der Waals surface area contributed by atoms with Gasteiger partial charge in [-0.05, 0) is 42.5 Å². The van der Waals surface area contributed by atoms with E-state index in [2.05, 4.69) is 14.9 Å². The summed E-state index contributed by atoms with van der Waals surface area (Å²) in [7, 11) is -6.30. The number of nitrogens with zero attached hydrogens (tertiary/aromatic N) is 1. The fourth-order valence-electron chi connectivity index (χ4n) is 3.26. The highest BCUT2D eigenvalue weighted by Gasteiger charge is 2.24. The number of aromatic amines is 1. The normalized spacial score (nSPS) is 12.1. The standard InChI is InChI=1S/C21H19N3O5S2/c1-29-16-7-5-6-14(12-16)21-17-13-15(10-11-18(17)22-23-21)24-31(27,28)20-9-4-3-8-19(20)30(2,25)26/h3-13,24H,1-2H3,(H,22,23). The number of hydrogen-bond acceptors (Lipinski definition) is 6. The van der Waals surface area contributed by atoms with Crippen LogP contribution in [0.1, 0.15) is 0 Å². The zero-order valence-electron chi connectivity index (χ0n) is 16.7. The summed E-state index contributed by atoms with van der Waals surface area (Å²) in [6.45, 7) is 0. The molecule has 0 unspecified atom stereocenters. The van der Waals surface area contributed by atoms with Gasteiger partial charge in [0.05, 0.1) is 17.5 Å². The highest BCUT2D eigenvalue weighted by molar-refractivity contribution is 7.95. The van der Waals surface area contributed by atoms with Crippen LogP contribution in [0.5, 0.6) is 5.75 Å². The fourth-order valence-corrected chi connectivity index (χ4v) is 5.94. The lowest BCUT2D eigenvalue weighted by Gasteiger charge is -2.11. The van der Waals surface area contributed by atoms with Crippen molar-refractivity contribution in [1.82, 2.24) is 10.2 Å². The molecular weight excluding hydrogens is 438 g/mol. The number of fused-ring (bicyclic) bond motifs is 1. The fraction of sp³-hybridized carbons (Fsp3) is 0.0952. The van der Waals surface area contributed by atoms with E-state index < -0.39 is 19.9 Å². The molecular formula is C21H19N3O5S2. The van der Waals surface area contributed by atoms with Crippen LogP contribution in [-0.2, 0) is 19.9 Å². The third kappa shape index (κ3) is 4.12. The van der Waals surface area contributed by atoms with Crippen LogP contribution in [0.2, 0.25) is 0 Å². The molecule has 3 aromatic carbocycles. The van der Waals surface area contributed by atoms with E-state index in [-0.39, 0.29) is 15.5 Å². The molecule has 0 saturated carbocycles. The molecule has 0 spiro atoms. The molecule has 0 fully saturated rings. The molecule has 0 amide bonds. The van der Waals surface area contributed by atoms with Crippen molar-refractivity contribution in [2.45, 2.75) is 9.79 Å². The van der Waals surface area contributed by atoms with Crippen molar-refractivity contribution in [2.75, 3.05) is 18.1 Å². The van der Waals surface area contributed by atoms with Crippen LogP contribution in [-0.4, -0.2) is 40.4 Å². The number of hydrogen-bond donors (Lipinski definition) is 2. The maximum absolute atomic E-state index is 13.0. The average molecular weight is 458 g/mol. The lowest BCUT2D eigenvalue weighted by Crippen LogP contribution is -2.16. The Hall–Kier alpha value is -3.37. The van der Waals surface area contributed by atoms with Gasteiger partial charge in [0.1, 0.15) is 16.3 Å². The Morgan fingerprint density at radius 1 is 0.903 bits per heavy atom. The molecule has 0 aliphatic heterocycles. The van der Waals surface area contributed by atoms with Gasteiger partial charge in [0.15, 0.2) is 9.84 Å². The summed E-state index contributed by atoms with van der Waals surface area (Å²) < 4.78 is 57.7. The van der Waals surface area contributed by atoms with Crippen LogP contribution in [0, 0.1) is 0 Å². The monoisotopic (exact) mass is 457 g/mol. The molecule has 0 aliphatic rings. The molecule has 0 saturated heterocycles. The first-order chi connectivity index (χ1) is 14.7. The van der Waals surface area contributed by atoms with E-state index in [0.717, 1.165) is 17.3 Å². The minimum Gasteiger partial charge on any atom is -0.497 e. The summed E-state index contributed by atoms with van der Waals surface area (Å²) in [5, 5.41) is 7.97. The highest BCUT2D eigenvalue weighted by Crippen LogP contribution is 2.31. The molecule has 10 heteroatoms. The quantitative estimate of drug-likeness (QED) is 0.458. The van der Waals surface area contributed by atoms with Gasteiger partial charge in [0, 0.05) is 22.9 Å². The smallest absolute Gasteiger partial charge is 0.263 e. The second kappa shape index (κ2) is 7.71. The van der Waals surface area contributed by atoms with Crippen LogP contribution in [0.15, 0.2) is 76.5 Å². The lowest BCUT2D eigenvalue weighted by atomic mass is 10.1. The van der Waals surface area contributed by atoms with Crippen LogP contribution in [0.3, 0.4) is 0 Å². The van der Waals surface area contributed by atoms with Gasteiger partial charge in [-0.15, -0.1) is 0 Å². The van der Waals surface area contributed by atoms with Gasteiger partial charge in [-0.25, -0.2) is 16.8 Å². The molecule has 1 heterocycles. The maximum atomic E-state index is 13.0. The molecule has 4 aromatic rings. The molecule has 2 N–H and O–H groups in total. The molecule has 0 aliphatic carbocycles. The Labute approximate surface area is 179 Å². The number of methoxy groups -OCH3 is 1. The van der Waals surface area contributed by atoms with Gasteiger partial charge >= 0.3 is 0 Å². The molecule has 0 bridgehead atoms. The number of rotatable bonds is 6.